The predicted octanol–water partition coefficient (Wildman–Crippen LogP) is 5.56. The van der Waals surface area contributed by atoms with Gasteiger partial charge in [-0.2, -0.15) is 0 Å². The Hall–Kier alpha value is -3.83. The lowest BCUT2D eigenvalue weighted by Crippen LogP contribution is -2.42. The van der Waals surface area contributed by atoms with Gasteiger partial charge in [-0.05, 0) is 47.3 Å². The second-order valence-electron chi connectivity index (χ2n) is 7.19. The molecular weight excluding hydrogens is 483 g/mol. The summed E-state index contributed by atoms with van der Waals surface area (Å²) in [6.45, 7) is 0.194. The van der Waals surface area contributed by atoms with Crippen LogP contribution in [-0.2, 0) is 6.54 Å². The van der Waals surface area contributed by atoms with Crippen LogP contribution in [0.5, 0.6) is 17.2 Å². The molecule has 0 aliphatic heterocycles. The van der Waals surface area contributed by atoms with E-state index in [1.807, 2.05) is 0 Å². The molecule has 1 N–H and O–H groups in total. The summed E-state index contributed by atoms with van der Waals surface area (Å²) in [6, 6.07) is 13.7. The van der Waals surface area contributed by atoms with Gasteiger partial charge < -0.3 is 14.2 Å². The summed E-state index contributed by atoms with van der Waals surface area (Å²) >= 11 is 1.25. The minimum atomic E-state index is -4.81. The molecule has 0 bridgehead atoms. The van der Waals surface area contributed by atoms with Gasteiger partial charge in [0.25, 0.3) is 5.91 Å². The van der Waals surface area contributed by atoms with Crippen molar-refractivity contribution in [2.24, 2.45) is 0 Å². The van der Waals surface area contributed by atoms with E-state index in [9.17, 15) is 18.0 Å². The van der Waals surface area contributed by atoms with Gasteiger partial charge in [0.2, 0.25) is 0 Å². The number of nitrogens with zero attached hydrogens (tertiary/aromatic N) is 2. The Labute approximate surface area is 202 Å². The van der Waals surface area contributed by atoms with Crippen LogP contribution in [0.3, 0.4) is 0 Å². The van der Waals surface area contributed by atoms with Crippen LogP contribution in [0.4, 0.5) is 18.9 Å². The fourth-order valence-corrected chi connectivity index (χ4v) is 4.12. The molecule has 7 nitrogen and oxygen atoms in total. The molecule has 0 aliphatic carbocycles. The van der Waals surface area contributed by atoms with Crippen molar-refractivity contribution in [3.63, 3.8) is 0 Å². The number of carbonyl (C=O) groups excluding carboxylic acids is 1. The minimum Gasteiger partial charge on any atom is -0.497 e. The minimum absolute atomic E-state index is 0.194. The topological polar surface area (TPSA) is 72.9 Å². The normalized spacial score (nSPS) is 11.3. The largest absolute Gasteiger partial charge is 0.573 e. The number of nitrogens with one attached hydrogen (secondary N) is 1. The molecule has 2 aromatic heterocycles. The highest BCUT2D eigenvalue weighted by Gasteiger charge is 2.31. The van der Waals surface area contributed by atoms with Crippen molar-refractivity contribution < 1.29 is 32.2 Å². The average Bonchev–Trinajstić information content (AvgIpc) is 3.38. The Kier molecular flexibility index (Phi) is 7.08. The number of rotatable bonds is 8. The molecule has 0 unspecified atom stereocenters. The van der Waals surface area contributed by atoms with Gasteiger partial charge in [-0.3, -0.25) is 9.78 Å². The molecule has 0 atom stereocenters. The van der Waals surface area contributed by atoms with Crippen LogP contribution in [0.25, 0.3) is 10.9 Å². The van der Waals surface area contributed by atoms with Crippen LogP contribution in [0.1, 0.15) is 15.2 Å². The van der Waals surface area contributed by atoms with E-state index in [-0.39, 0.29) is 18.2 Å². The van der Waals surface area contributed by atoms with Crippen molar-refractivity contribution in [1.82, 2.24) is 10.4 Å². The standard InChI is InChI=1S/C24H20F3N3O4S/c1-32-18-12-19-22(20(13-18)33-2)15(9-10-28-19)14-29-30(23(31)21-4-3-11-35-21)16-5-7-17(8-6-16)34-24(25,26)27/h3-13,29H,14H2,1-2H3. The first-order valence-electron chi connectivity index (χ1n) is 10.3. The Morgan fingerprint density at radius 2 is 1.83 bits per heavy atom. The van der Waals surface area contributed by atoms with E-state index < -0.39 is 6.36 Å². The quantitative estimate of drug-likeness (QED) is 0.317. The first-order valence-corrected chi connectivity index (χ1v) is 11.1. The number of benzene rings is 2. The van der Waals surface area contributed by atoms with Gasteiger partial charge >= 0.3 is 6.36 Å². The Morgan fingerprint density at radius 3 is 2.46 bits per heavy atom. The van der Waals surface area contributed by atoms with Crippen LogP contribution in [0.2, 0.25) is 0 Å². The fourth-order valence-electron chi connectivity index (χ4n) is 3.47. The van der Waals surface area contributed by atoms with Gasteiger partial charge in [-0.15, -0.1) is 24.5 Å². The van der Waals surface area contributed by atoms with E-state index in [1.54, 1.807) is 49.0 Å². The van der Waals surface area contributed by atoms with Crippen LogP contribution in [0.15, 0.2) is 66.2 Å². The van der Waals surface area contributed by atoms with E-state index in [4.69, 9.17) is 9.47 Å². The number of methoxy groups -OCH3 is 2. The smallest absolute Gasteiger partial charge is 0.497 e. The Morgan fingerprint density at radius 1 is 1.06 bits per heavy atom. The number of pyridine rings is 1. The molecule has 0 aliphatic rings. The zero-order valence-electron chi connectivity index (χ0n) is 18.6. The van der Waals surface area contributed by atoms with Crippen molar-refractivity contribution in [3.8, 4) is 17.2 Å². The monoisotopic (exact) mass is 503 g/mol. The van der Waals surface area contributed by atoms with E-state index in [0.717, 1.165) is 23.1 Å². The highest BCUT2D eigenvalue weighted by atomic mass is 32.1. The molecule has 2 heterocycles. The summed E-state index contributed by atoms with van der Waals surface area (Å²) < 4.78 is 52.4. The molecule has 0 fully saturated rings. The molecule has 4 aromatic rings. The lowest BCUT2D eigenvalue weighted by molar-refractivity contribution is -0.274. The molecule has 0 saturated heterocycles. The maximum atomic E-state index is 13.2. The summed E-state index contributed by atoms with van der Waals surface area (Å²) in [5, 5.41) is 3.78. The molecular formula is C24H20F3N3O4S. The summed E-state index contributed by atoms with van der Waals surface area (Å²) in [7, 11) is 3.08. The third-order valence-corrected chi connectivity index (χ3v) is 5.87. The maximum Gasteiger partial charge on any atom is 0.573 e. The number of hydrazine groups is 1. The highest BCUT2D eigenvalue weighted by molar-refractivity contribution is 7.12. The van der Waals surface area contributed by atoms with E-state index in [2.05, 4.69) is 15.1 Å². The number of ether oxygens (including phenoxy) is 3. The number of fused-ring (bicyclic) bond motifs is 1. The van der Waals surface area contributed by atoms with Gasteiger partial charge in [-0.1, -0.05) is 6.07 Å². The zero-order valence-corrected chi connectivity index (χ0v) is 19.4. The maximum absolute atomic E-state index is 13.2. The predicted molar refractivity (Wildman–Crippen MR) is 126 cm³/mol. The van der Waals surface area contributed by atoms with Crippen LogP contribution in [0, 0.1) is 0 Å². The Bertz CT molecular complexity index is 1310. The molecule has 182 valence electrons. The van der Waals surface area contributed by atoms with E-state index >= 15 is 0 Å². The third kappa shape index (κ3) is 5.64. The number of anilines is 1. The lowest BCUT2D eigenvalue weighted by atomic mass is 10.1. The molecule has 35 heavy (non-hydrogen) atoms. The average molecular weight is 504 g/mol. The van der Waals surface area contributed by atoms with E-state index in [0.29, 0.717) is 27.6 Å². The van der Waals surface area contributed by atoms with Gasteiger partial charge in [0, 0.05) is 30.3 Å². The van der Waals surface area contributed by atoms with Gasteiger partial charge in [0.15, 0.2) is 0 Å². The number of hydrogen-bond acceptors (Lipinski definition) is 7. The number of aromatic nitrogens is 1. The van der Waals surface area contributed by atoms with Gasteiger partial charge in [-0.25, -0.2) is 10.4 Å². The van der Waals surface area contributed by atoms with Crippen molar-refractivity contribution in [2.45, 2.75) is 12.9 Å². The molecule has 2 aromatic carbocycles. The molecule has 1 amide bonds. The third-order valence-electron chi connectivity index (χ3n) is 5.01. The first-order chi connectivity index (χ1) is 16.8. The van der Waals surface area contributed by atoms with Crippen molar-refractivity contribution in [2.75, 3.05) is 19.2 Å². The Balaban J connectivity index is 1.66. The van der Waals surface area contributed by atoms with Gasteiger partial charge in [0.1, 0.15) is 17.2 Å². The number of amides is 1. The summed E-state index contributed by atoms with van der Waals surface area (Å²) in [5.41, 5.74) is 4.86. The van der Waals surface area contributed by atoms with Gasteiger partial charge in [0.05, 0.1) is 30.3 Å². The molecule has 0 spiro atoms. The number of hydrogen-bond donors (Lipinski definition) is 1. The zero-order chi connectivity index (χ0) is 25.0. The SMILES string of the molecule is COc1cc(OC)c2c(CNN(C(=O)c3cccs3)c3ccc(OC(F)(F)F)cc3)ccnc2c1. The summed E-state index contributed by atoms with van der Waals surface area (Å²) in [5.74, 6) is 0.386. The second-order valence-corrected chi connectivity index (χ2v) is 8.14. The summed E-state index contributed by atoms with van der Waals surface area (Å²) in [4.78, 5) is 18.1. The number of thiophene rings is 1. The van der Waals surface area contributed by atoms with E-state index in [1.165, 1.54) is 35.6 Å². The van der Waals surface area contributed by atoms with Crippen LogP contribution < -0.4 is 24.6 Å². The molecule has 11 heteroatoms. The molecule has 0 saturated carbocycles. The summed E-state index contributed by atoms with van der Waals surface area (Å²) in [6.07, 6.45) is -3.18. The van der Waals surface area contributed by atoms with Crippen LogP contribution >= 0.6 is 11.3 Å². The lowest BCUT2D eigenvalue weighted by Gasteiger charge is -2.24. The molecule has 4 rings (SSSR count). The number of halogens is 3. The number of carbonyl (C=O) groups is 1. The van der Waals surface area contributed by atoms with Crippen molar-refractivity contribution >= 4 is 33.8 Å². The van der Waals surface area contributed by atoms with Crippen LogP contribution in [-0.4, -0.2) is 31.5 Å². The number of alkyl halides is 3. The highest BCUT2D eigenvalue weighted by Crippen LogP contribution is 2.33. The second kappa shape index (κ2) is 10.2. The van der Waals surface area contributed by atoms with Crippen molar-refractivity contribution in [1.29, 1.82) is 0 Å². The molecule has 0 radical (unpaired) electrons. The first kappa shape index (κ1) is 24.3. The fraction of sp³-hybridized carbons (Fsp3) is 0.167. The van der Waals surface area contributed by atoms with Crippen molar-refractivity contribution in [3.05, 3.63) is 76.6 Å².